The van der Waals surface area contributed by atoms with Gasteiger partial charge in [-0.2, -0.15) is 0 Å². The van der Waals surface area contributed by atoms with E-state index in [1.165, 1.54) is 54.7 Å². The Morgan fingerprint density at radius 3 is 2.25 bits per heavy atom. The lowest BCUT2D eigenvalue weighted by atomic mass is 9.84. The summed E-state index contributed by atoms with van der Waals surface area (Å²) in [4.78, 5) is 28.6. The average Bonchev–Trinajstić information content (AvgIpc) is 3.01. The molecule has 1 fully saturated rings. The summed E-state index contributed by atoms with van der Waals surface area (Å²) in [5, 5.41) is 8.72. The van der Waals surface area contributed by atoms with Crippen molar-refractivity contribution >= 4 is 17.7 Å². The third kappa shape index (κ3) is 9.13. The van der Waals surface area contributed by atoms with Crippen molar-refractivity contribution in [3.05, 3.63) is 95.1 Å². The summed E-state index contributed by atoms with van der Waals surface area (Å²) in [6.45, 7) is 0.532. The van der Waals surface area contributed by atoms with Gasteiger partial charge in [0.2, 0.25) is 5.91 Å². The molecule has 0 unspecified atom stereocenters. The molecule has 0 saturated carbocycles. The molecule has 0 spiro atoms. The Morgan fingerprint density at radius 2 is 1.64 bits per heavy atom. The number of amides is 2. The van der Waals surface area contributed by atoms with E-state index in [2.05, 4.69) is 20.9 Å². The summed E-state index contributed by atoms with van der Waals surface area (Å²) in [7, 11) is 0. The number of alkyl halides is 1. The number of pyridine rings is 1. The van der Waals surface area contributed by atoms with Crippen molar-refractivity contribution < 1.29 is 36.6 Å². The molecule has 13 heteroatoms. The molecule has 0 aliphatic carbocycles. The molecule has 5 N–H and O–H groups in total. The highest BCUT2D eigenvalue weighted by Crippen LogP contribution is 2.32. The molecule has 1 aliphatic rings. The fraction of sp³-hybridized carbons (Fsp3) is 0.387. The Kier molecular flexibility index (Phi) is 11.9. The number of ether oxygens (including phenoxy) is 2. The molecule has 1 aromatic heterocycles. The summed E-state index contributed by atoms with van der Waals surface area (Å²) >= 11 is 0. The van der Waals surface area contributed by atoms with Gasteiger partial charge in [0.1, 0.15) is 36.2 Å². The number of anilines is 1. The zero-order chi connectivity index (χ0) is 31.5. The third-order valence-electron chi connectivity index (χ3n) is 7.24. The lowest BCUT2D eigenvalue weighted by molar-refractivity contribution is -0.119. The Bertz CT molecular complexity index is 1330. The number of rotatable bonds is 14. The summed E-state index contributed by atoms with van der Waals surface area (Å²) in [6, 6.07) is 9.87. The van der Waals surface area contributed by atoms with Gasteiger partial charge < -0.3 is 31.2 Å². The van der Waals surface area contributed by atoms with Gasteiger partial charge in [0.05, 0.1) is 30.9 Å². The third-order valence-corrected chi connectivity index (χ3v) is 7.24. The number of nitrogens with two attached hydrogens (primary N) is 1. The van der Waals surface area contributed by atoms with Crippen LogP contribution < -0.4 is 21.7 Å². The van der Waals surface area contributed by atoms with Crippen molar-refractivity contribution in [2.24, 2.45) is 5.73 Å². The van der Waals surface area contributed by atoms with Gasteiger partial charge in [-0.15, -0.1) is 0 Å². The van der Waals surface area contributed by atoms with Crippen molar-refractivity contribution in [2.45, 2.75) is 43.4 Å². The number of aromatic nitrogens is 1. The maximum atomic E-state index is 15.2. The van der Waals surface area contributed by atoms with Crippen LogP contribution in [0.3, 0.4) is 0 Å². The average molecular weight is 618 g/mol. The minimum Gasteiger partial charge on any atom is -0.447 e. The number of halogens is 4. The molecule has 4 rings (SSSR count). The highest BCUT2D eigenvalue weighted by molar-refractivity contribution is 5.85. The Hall–Kier alpha value is -4.23. The van der Waals surface area contributed by atoms with Gasteiger partial charge in [-0.1, -0.05) is 24.3 Å². The lowest BCUT2D eigenvalue weighted by Crippen LogP contribution is -2.47. The summed E-state index contributed by atoms with van der Waals surface area (Å²) in [5.74, 6) is -3.10. The van der Waals surface area contributed by atoms with E-state index in [0.717, 1.165) is 6.20 Å². The molecular formula is C31H35F4N5O4. The highest BCUT2D eigenvalue weighted by atomic mass is 19.1. The van der Waals surface area contributed by atoms with Crippen LogP contribution in [0.2, 0.25) is 0 Å². The maximum absolute atomic E-state index is 15.2. The molecule has 44 heavy (non-hydrogen) atoms. The van der Waals surface area contributed by atoms with E-state index in [4.69, 9.17) is 15.2 Å². The van der Waals surface area contributed by atoms with Crippen LogP contribution in [0.5, 0.6) is 0 Å². The number of hydrogen-bond acceptors (Lipinski definition) is 7. The molecule has 0 bridgehead atoms. The normalized spacial score (nSPS) is 17.2. The van der Waals surface area contributed by atoms with Gasteiger partial charge >= 0.3 is 6.09 Å². The molecule has 2 amide bonds. The molecule has 1 aliphatic heterocycles. The quantitative estimate of drug-likeness (QED) is 0.159. The number of alkyl carbamates (subject to hydrolysis) is 1. The number of hydrogen-bond donors (Lipinski definition) is 4. The van der Waals surface area contributed by atoms with E-state index in [1.54, 1.807) is 0 Å². The highest BCUT2D eigenvalue weighted by Gasteiger charge is 2.31. The van der Waals surface area contributed by atoms with E-state index in [9.17, 15) is 22.8 Å². The molecular weight excluding hydrogens is 582 g/mol. The number of morpholine rings is 1. The van der Waals surface area contributed by atoms with Crippen LogP contribution in [0, 0.1) is 17.5 Å². The predicted octanol–water partition coefficient (Wildman–Crippen LogP) is 3.97. The summed E-state index contributed by atoms with van der Waals surface area (Å²) < 4.78 is 66.1. The summed E-state index contributed by atoms with van der Waals surface area (Å²) in [6.07, 6.45) is 1.78. The van der Waals surface area contributed by atoms with Crippen molar-refractivity contribution in [3.63, 3.8) is 0 Å². The van der Waals surface area contributed by atoms with Crippen molar-refractivity contribution in [1.82, 2.24) is 15.6 Å². The largest absolute Gasteiger partial charge is 0.447 e. The lowest BCUT2D eigenvalue weighted by Gasteiger charge is -2.31. The van der Waals surface area contributed by atoms with Gasteiger partial charge in [0.15, 0.2) is 0 Å². The van der Waals surface area contributed by atoms with E-state index in [0.29, 0.717) is 30.6 Å². The van der Waals surface area contributed by atoms with Gasteiger partial charge in [-0.05, 0) is 54.7 Å². The number of nitrogens with one attached hydrogen (secondary N) is 3. The smallest absolute Gasteiger partial charge is 0.407 e. The van der Waals surface area contributed by atoms with E-state index < -0.39 is 54.2 Å². The van der Waals surface area contributed by atoms with Crippen molar-refractivity contribution in [2.75, 3.05) is 38.2 Å². The first-order valence-corrected chi connectivity index (χ1v) is 14.3. The molecule has 236 valence electrons. The Balaban J connectivity index is 1.48. The standard InChI is InChI=1S/C31H35F4N5O4/c32-12-1-13-39-31(42)43-18-24-15-37-14-23(44-24)10-11-25-26(35)16-38-17-27(25)40-29(30(36)41)28(19-2-6-21(33)7-3-19)20-4-8-22(34)9-5-20/h2-9,16-17,23-24,28-29,37,40H,1,10-15,18H2,(H2,36,41)(H,39,42)/t23-,24+,29+/m1/s1. The Morgan fingerprint density at radius 1 is 1.00 bits per heavy atom. The first kappa shape index (κ1) is 32.7. The predicted molar refractivity (Wildman–Crippen MR) is 155 cm³/mol. The van der Waals surface area contributed by atoms with Crippen LogP contribution in [0.15, 0.2) is 60.9 Å². The SMILES string of the molecule is NC(=O)[C@@H](Nc1cncc(F)c1CC[C@@H]1CNC[C@@H](COC(=O)NCCCF)O1)C(c1ccc(F)cc1)c1ccc(F)cc1. The molecule has 3 atom stereocenters. The van der Waals surface area contributed by atoms with Crippen LogP contribution >= 0.6 is 0 Å². The first-order valence-electron chi connectivity index (χ1n) is 14.3. The fourth-order valence-electron chi connectivity index (χ4n) is 5.07. The topological polar surface area (TPSA) is 128 Å². The van der Waals surface area contributed by atoms with Gasteiger partial charge in [0.25, 0.3) is 0 Å². The second-order valence-electron chi connectivity index (χ2n) is 10.4. The van der Waals surface area contributed by atoms with Crippen LogP contribution in [0.25, 0.3) is 0 Å². The van der Waals surface area contributed by atoms with Gasteiger partial charge in [-0.3, -0.25) is 14.2 Å². The van der Waals surface area contributed by atoms with Gasteiger partial charge in [-0.25, -0.2) is 18.0 Å². The monoisotopic (exact) mass is 617 g/mol. The molecule has 0 radical (unpaired) electrons. The second kappa shape index (κ2) is 16.0. The molecule has 3 aromatic rings. The zero-order valence-electron chi connectivity index (χ0n) is 23.9. The zero-order valence-corrected chi connectivity index (χ0v) is 23.9. The van der Waals surface area contributed by atoms with Crippen LogP contribution in [0.4, 0.5) is 28.0 Å². The molecule has 9 nitrogen and oxygen atoms in total. The van der Waals surface area contributed by atoms with Crippen molar-refractivity contribution in [1.29, 1.82) is 0 Å². The van der Waals surface area contributed by atoms with E-state index >= 15 is 4.39 Å². The van der Waals surface area contributed by atoms with Crippen LogP contribution in [-0.2, 0) is 20.7 Å². The minimum absolute atomic E-state index is 0.0180. The van der Waals surface area contributed by atoms with E-state index in [1.807, 2.05) is 0 Å². The molecule has 2 heterocycles. The second-order valence-corrected chi connectivity index (χ2v) is 10.4. The first-order chi connectivity index (χ1) is 21.2. The molecule has 1 saturated heterocycles. The number of carbonyl (C=O) groups excluding carboxylic acids is 2. The summed E-state index contributed by atoms with van der Waals surface area (Å²) in [5.41, 5.74) is 7.40. The van der Waals surface area contributed by atoms with Gasteiger partial charge in [0, 0.05) is 31.1 Å². The molecule has 2 aromatic carbocycles. The van der Waals surface area contributed by atoms with Crippen LogP contribution in [-0.4, -0.2) is 68.1 Å². The maximum Gasteiger partial charge on any atom is 0.407 e. The Labute approximate surface area is 252 Å². The number of nitrogens with zero attached hydrogens (tertiary/aromatic N) is 1. The minimum atomic E-state index is -1.14. The number of carbonyl (C=O) groups is 2. The fourth-order valence-corrected chi connectivity index (χ4v) is 5.07. The number of primary amides is 1. The van der Waals surface area contributed by atoms with Crippen LogP contribution in [0.1, 0.15) is 35.4 Å². The van der Waals surface area contributed by atoms with Crippen molar-refractivity contribution in [3.8, 4) is 0 Å². The van der Waals surface area contributed by atoms with E-state index in [-0.39, 0.29) is 43.3 Å². The number of benzene rings is 2.